The van der Waals surface area contributed by atoms with E-state index < -0.39 is 0 Å². The molecule has 1 aromatic carbocycles. The van der Waals surface area contributed by atoms with Gasteiger partial charge in [0.25, 0.3) is 0 Å². The highest BCUT2D eigenvalue weighted by molar-refractivity contribution is 9.10. The molecule has 0 atom stereocenters. The highest BCUT2D eigenvalue weighted by Gasteiger charge is 2.26. The van der Waals surface area contributed by atoms with Gasteiger partial charge in [-0.3, -0.25) is 0 Å². The third kappa shape index (κ3) is 3.98. The van der Waals surface area contributed by atoms with E-state index in [-0.39, 0.29) is 0 Å². The predicted molar refractivity (Wildman–Crippen MR) is 89.2 cm³/mol. The predicted octanol–water partition coefficient (Wildman–Crippen LogP) is 4.33. The van der Waals surface area contributed by atoms with Crippen molar-refractivity contribution in [2.24, 2.45) is 5.92 Å². The number of halogens is 1. The molecule has 2 nitrogen and oxygen atoms in total. The van der Waals surface area contributed by atoms with E-state index in [4.69, 9.17) is 0 Å². The van der Waals surface area contributed by atoms with Gasteiger partial charge < -0.3 is 10.2 Å². The highest BCUT2D eigenvalue weighted by atomic mass is 79.9. The number of benzene rings is 1. The zero-order valence-corrected chi connectivity index (χ0v) is 14.0. The molecule has 3 heteroatoms. The smallest absolute Gasteiger partial charge is 0.0412 e. The maximum atomic E-state index is 3.66. The molecule has 0 unspecified atom stereocenters. The zero-order valence-electron chi connectivity index (χ0n) is 12.4. The Hall–Kier alpha value is -0.540. The molecule has 0 spiro atoms. The van der Waals surface area contributed by atoms with Crippen LogP contribution in [0.1, 0.15) is 44.6 Å². The minimum Gasteiger partial charge on any atom is -0.371 e. The lowest BCUT2D eigenvalue weighted by atomic mass is 10.1. The van der Waals surface area contributed by atoms with Crippen LogP contribution in [-0.4, -0.2) is 19.1 Å². The molecule has 2 fully saturated rings. The van der Waals surface area contributed by atoms with Gasteiger partial charge in [0.2, 0.25) is 0 Å². The summed E-state index contributed by atoms with van der Waals surface area (Å²) in [6, 6.07) is 7.54. The summed E-state index contributed by atoms with van der Waals surface area (Å²) in [6.07, 6.45) is 6.77. The number of nitrogens with one attached hydrogen (secondary N) is 1. The summed E-state index contributed by atoms with van der Waals surface area (Å²) in [5.41, 5.74) is 2.88. The Morgan fingerprint density at radius 1 is 1.25 bits per heavy atom. The molecule has 3 rings (SSSR count). The van der Waals surface area contributed by atoms with Crippen molar-refractivity contribution >= 4 is 21.6 Å². The van der Waals surface area contributed by atoms with Gasteiger partial charge in [-0.05, 0) is 61.8 Å². The largest absolute Gasteiger partial charge is 0.371 e. The normalized spacial score (nSPS) is 18.3. The Labute approximate surface area is 131 Å². The van der Waals surface area contributed by atoms with Crippen LogP contribution in [0.25, 0.3) is 0 Å². The molecule has 0 heterocycles. The van der Waals surface area contributed by atoms with Crippen LogP contribution in [0.5, 0.6) is 0 Å². The van der Waals surface area contributed by atoms with Crippen molar-refractivity contribution in [2.45, 2.75) is 51.6 Å². The van der Waals surface area contributed by atoms with E-state index in [1.807, 2.05) is 0 Å². The molecule has 20 heavy (non-hydrogen) atoms. The van der Waals surface area contributed by atoms with Crippen molar-refractivity contribution in [3.05, 3.63) is 28.2 Å². The molecule has 2 aliphatic carbocycles. The van der Waals surface area contributed by atoms with E-state index in [2.05, 4.69) is 51.3 Å². The van der Waals surface area contributed by atoms with E-state index in [1.54, 1.807) is 0 Å². The van der Waals surface area contributed by atoms with Crippen LogP contribution in [0.15, 0.2) is 22.7 Å². The number of hydrogen-bond donors (Lipinski definition) is 1. The van der Waals surface area contributed by atoms with Gasteiger partial charge in [-0.2, -0.15) is 0 Å². The Bertz CT molecular complexity index is 452. The summed E-state index contributed by atoms with van der Waals surface area (Å²) in [4.78, 5) is 2.61. The highest BCUT2D eigenvalue weighted by Crippen LogP contribution is 2.33. The summed E-state index contributed by atoms with van der Waals surface area (Å²) in [7, 11) is 0. The second-order valence-electron chi connectivity index (χ2n) is 6.32. The Kier molecular flexibility index (Phi) is 4.67. The van der Waals surface area contributed by atoms with Crippen LogP contribution in [0.4, 0.5) is 5.69 Å². The average molecular weight is 337 g/mol. The van der Waals surface area contributed by atoms with Crippen LogP contribution >= 0.6 is 15.9 Å². The van der Waals surface area contributed by atoms with Crippen LogP contribution in [0.2, 0.25) is 0 Å². The molecule has 1 aromatic rings. The maximum Gasteiger partial charge on any atom is 0.0412 e. The Morgan fingerprint density at radius 2 is 2.05 bits per heavy atom. The van der Waals surface area contributed by atoms with E-state index in [1.165, 1.54) is 60.9 Å². The van der Waals surface area contributed by atoms with Crippen molar-refractivity contribution < 1.29 is 0 Å². The van der Waals surface area contributed by atoms with Crippen molar-refractivity contribution in [3.63, 3.8) is 0 Å². The van der Waals surface area contributed by atoms with Crippen LogP contribution in [0, 0.1) is 5.92 Å². The Morgan fingerprint density at radius 3 is 2.70 bits per heavy atom. The first-order valence-corrected chi connectivity index (χ1v) is 8.82. The monoisotopic (exact) mass is 336 g/mol. The zero-order chi connectivity index (χ0) is 13.9. The van der Waals surface area contributed by atoms with Gasteiger partial charge in [-0.15, -0.1) is 0 Å². The van der Waals surface area contributed by atoms with Crippen LogP contribution in [0.3, 0.4) is 0 Å². The lowest BCUT2D eigenvalue weighted by Crippen LogP contribution is -2.28. The second kappa shape index (κ2) is 6.48. The molecule has 110 valence electrons. The van der Waals surface area contributed by atoms with Gasteiger partial charge in [-0.1, -0.05) is 22.9 Å². The van der Waals surface area contributed by atoms with Gasteiger partial charge in [-0.25, -0.2) is 0 Å². The van der Waals surface area contributed by atoms with E-state index in [0.717, 1.165) is 18.5 Å². The number of nitrogens with zero attached hydrogens (tertiary/aromatic N) is 1. The lowest BCUT2D eigenvalue weighted by molar-refractivity contribution is 0.671. The van der Waals surface area contributed by atoms with Gasteiger partial charge in [0.05, 0.1) is 0 Å². The fourth-order valence-electron chi connectivity index (χ4n) is 2.74. The number of rotatable bonds is 8. The summed E-state index contributed by atoms with van der Waals surface area (Å²) in [5.74, 6) is 0.939. The Balaban J connectivity index is 1.75. The third-order valence-corrected chi connectivity index (χ3v) is 4.70. The first kappa shape index (κ1) is 14.4. The fourth-order valence-corrected chi connectivity index (χ4v) is 3.15. The average Bonchev–Trinajstić information content (AvgIpc) is 3.31. The molecule has 2 saturated carbocycles. The molecule has 0 bridgehead atoms. The molecule has 0 saturated heterocycles. The van der Waals surface area contributed by atoms with Gasteiger partial charge in [0.15, 0.2) is 0 Å². The summed E-state index contributed by atoms with van der Waals surface area (Å²) < 4.78 is 1.19. The fraction of sp³-hybridized carbons (Fsp3) is 0.647. The van der Waals surface area contributed by atoms with Crippen LogP contribution < -0.4 is 10.2 Å². The molecule has 0 radical (unpaired) electrons. The van der Waals surface area contributed by atoms with Crippen molar-refractivity contribution in [1.82, 2.24) is 5.32 Å². The van der Waals surface area contributed by atoms with Crippen molar-refractivity contribution in [3.8, 4) is 0 Å². The molecule has 0 aliphatic heterocycles. The number of anilines is 1. The summed E-state index contributed by atoms with van der Waals surface area (Å²) >= 11 is 3.62. The summed E-state index contributed by atoms with van der Waals surface area (Å²) in [6.45, 7) is 5.70. The molecular formula is C17H25BrN2. The molecule has 0 amide bonds. The molecule has 2 aliphatic rings. The van der Waals surface area contributed by atoms with Gasteiger partial charge in [0.1, 0.15) is 0 Å². The van der Waals surface area contributed by atoms with E-state index in [0.29, 0.717) is 0 Å². The standard InChI is InChI=1S/C17H25BrN2/c1-2-9-20(12-13-3-4-13)17-8-5-15(18)10-14(17)11-19-16-6-7-16/h5,8,10,13,16,19H,2-4,6-7,9,11-12H2,1H3. The minimum atomic E-state index is 0.768. The van der Waals surface area contributed by atoms with Gasteiger partial charge in [0, 0.05) is 35.8 Å². The third-order valence-electron chi connectivity index (χ3n) is 4.21. The van der Waals surface area contributed by atoms with Crippen molar-refractivity contribution in [2.75, 3.05) is 18.0 Å². The maximum absolute atomic E-state index is 3.66. The topological polar surface area (TPSA) is 15.3 Å². The van der Waals surface area contributed by atoms with E-state index in [9.17, 15) is 0 Å². The molecular weight excluding hydrogens is 312 g/mol. The van der Waals surface area contributed by atoms with Crippen LogP contribution in [-0.2, 0) is 6.54 Å². The first-order chi connectivity index (χ1) is 9.76. The SMILES string of the molecule is CCCN(CC1CC1)c1ccc(Br)cc1CNC1CC1. The summed E-state index contributed by atoms with van der Waals surface area (Å²) in [5, 5.41) is 3.66. The number of hydrogen-bond acceptors (Lipinski definition) is 2. The second-order valence-corrected chi connectivity index (χ2v) is 7.23. The van der Waals surface area contributed by atoms with Crippen molar-refractivity contribution in [1.29, 1.82) is 0 Å². The van der Waals surface area contributed by atoms with Gasteiger partial charge >= 0.3 is 0 Å². The lowest BCUT2D eigenvalue weighted by Gasteiger charge is -2.27. The van der Waals surface area contributed by atoms with E-state index >= 15 is 0 Å². The first-order valence-electron chi connectivity index (χ1n) is 8.03. The molecule has 1 N–H and O–H groups in total. The minimum absolute atomic E-state index is 0.768. The molecule has 0 aromatic heterocycles. The quantitative estimate of drug-likeness (QED) is 0.760.